The highest BCUT2D eigenvalue weighted by molar-refractivity contribution is 5.99. The van der Waals surface area contributed by atoms with Gasteiger partial charge >= 0.3 is 6.09 Å². The van der Waals surface area contributed by atoms with Crippen molar-refractivity contribution < 1.29 is 19.1 Å². The van der Waals surface area contributed by atoms with E-state index < -0.39 is 23.8 Å². The fourth-order valence-corrected chi connectivity index (χ4v) is 4.13. The van der Waals surface area contributed by atoms with Crippen molar-refractivity contribution in [2.75, 3.05) is 11.9 Å². The largest absolute Gasteiger partial charge is 0.444 e. The Hall–Kier alpha value is -3.61. The summed E-state index contributed by atoms with van der Waals surface area (Å²) in [6.07, 6.45) is 2.15. The van der Waals surface area contributed by atoms with Crippen LogP contribution in [0.5, 0.6) is 0 Å². The molecule has 0 aliphatic rings. The van der Waals surface area contributed by atoms with Crippen molar-refractivity contribution in [2.24, 2.45) is 5.92 Å². The topological polar surface area (TPSA) is 87.7 Å². The zero-order valence-corrected chi connectivity index (χ0v) is 23.8. The Balaban J connectivity index is 2.52. The number of alkyl carbamates (subject to hydrolysis) is 1. The molecule has 2 aromatic carbocycles. The molecule has 0 saturated heterocycles. The number of amides is 3. The Morgan fingerprint density at radius 3 is 2.21 bits per heavy atom. The number of hydrogen-bond acceptors (Lipinski definition) is 4. The number of nitrogens with zero attached hydrogens (tertiary/aromatic N) is 1. The molecule has 0 heterocycles. The first-order valence-corrected chi connectivity index (χ1v) is 13.2. The second kappa shape index (κ2) is 13.8. The number of anilines is 1. The summed E-state index contributed by atoms with van der Waals surface area (Å²) in [6, 6.07) is 13.4. The number of benzene rings is 2. The number of nitrogens with one attached hydrogen (secondary N) is 2. The van der Waals surface area contributed by atoms with Gasteiger partial charge in [-0.05, 0) is 69.2 Å². The lowest BCUT2D eigenvalue weighted by molar-refractivity contribution is -0.140. The van der Waals surface area contributed by atoms with Gasteiger partial charge in [0.15, 0.2) is 0 Å². The number of hydrogen-bond donors (Lipinski definition) is 2. The van der Waals surface area contributed by atoms with E-state index in [2.05, 4.69) is 24.1 Å². The summed E-state index contributed by atoms with van der Waals surface area (Å²) in [6.45, 7) is 17.2. The fraction of sp³-hybridized carbons (Fsp3) is 0.452. The number of aryl methyl sites for hydroxylation is 2. The van der Waals surface area contributed by atoms with Crippen molar-refractivity contribution in [3.63, 3.8) is 0 Å². The molecule has 2 rings (SSSR count). The minimum atomic E-state index is -0.943. The van der Waals surface area contributed by atoms with Crippen molar-refractivity contribution in [2.45, 2.75) is 79.0 Å². The van der Waals surface area contributed by atoms with Gasteiger partial charge in [0.2, 0.25) is 5.91 Å². The predicted molar refractivity (Wildman–Crippen MR) is 153 cm³/mol. The molecule has 0 aliphatic heterocycles. The molecule has 38 heavy (non-hydrogen) atoms. The zero-order chi connectivity index (χ0) is 28.5. The highest BCUT2D eigenvalue weighted by Gasteiger charge is 2.36. The summed E-state index contributed by atoms with van der Waals surface area (Å²) in [5.41, 5.74) is 2.66. The molecule has 2 aromatic rings. The average molecular weight is 522 g/mol. The molecule has 7 nitrogen and oxygen atoms in total. The first kappa shape index (κ1) is 30.6. The number of para-hydroxylation sites is 1. The Morgan fingerprint density at radius 2 is 1.68 bits per heavy atom. The number of rotatable bonds is 11. The molecule has 0 radical (unpaired) electrons. The molecule has 7 heteroatoms. The van der Waals surface area contributed by atoms with Gasteiger partial charge in [-0.25, -0.2) is 4.79 Å². The van der Waals surface area contributed by atoms with Crippen LogP contribution in [0.3, 0.4) is 0 Å². The van der Waals surface area contributed by atoms with Crippen molar-refractivity contribution in [1.29, 1.82) is 0 Å². The monoisotopic (exact) mass is 521 g/mol. The van der Waals surface area contributed by atoms with Crippen molar-refractivity contribution >= 4 is 23.6 Å². The summed E-state index contributed by atoms with van der Waals surface area (Å²) in [4.78, 5) is 42.0. The quantitative estimate of drug-likeness (QED) is 0.345. The maximum atomic E-state index is 14.1. The van der Waals surface area contributed by atoms with E-state index in [0.717, 1.165) is 17.5 Å². The van der Waals surface area contributed by atoms with E-state index in [1.807, 2.05) is 69.3 Å². The van der Waals surface area contributed by atoms with E-state index in [-0.39, 0.29) is 24.3 Å². The Bertz CT molecular complexity index is 1100. The van der Waals surface area contributed by atoms with Gasteiger partial charge in [-0.1, -0.05) is 69.3 Å². The lowest BCUT2D eigenvalue weighted by Gasteiger charge is -2.34. The van der Waals surface area contributed by atoms with Crippen LogP contribution in [0.1, 0.15) is 70.7 Å². The van der Waals surface area contributed by atoms with Crippen LogP contribution in [-0.2, 0) is 20.7 Å². The van der Waals surface area contributed by atoms with Gasteiger partial charge in [-0.3, -0.25) is 9.59 Å². The highest BCUT2D eigenvalue weighted by atomic mass is 16.6. The summed E-state index contributed by atoms with van der Waals surface area (Å²) in [5.74, 6) is -0.624. The lowest BCUT2D eigenvalue weighted by atomic mass is 9.98. The third kappa shape index (κ3) is 9.05. The summed E-state index contributed by atoms with van der Waals surface area (Å²) >= 11 is 0. The van der Waals surface area contributed by atoms with Crippen LogP contribution in [0.2, 0.25) is 0 Å². The first-order chi connectivity index (χ1) is 17.9. The van der Waals surface area contributed by atoms with E-state index in [4.69, 9.17) is 4.74 Å². The molecule has 2 unspecified atom stereocenters. The van der Waals surface area contributed by atoms with Gasteiger partial charge in [-0.15, -0.1) is 6.58 Å². The Kier molecular flexibility index (Phi) is 11.1. The molecule has 0 aromatic heterocycles. The number of ether oxygens (including phenoxy) is 1. The third-order valence-corrected chi connectivity index (χ3v) is 5.97. The minimum Gasteiger partial charge on any atom is -0.444 e. The molecule has 2 N–H and O–H groups in total. The Morgan fingerprint density at radius 1 is 1.05 bits per heavy atom. The van der Waals surface area contributed by atoms with Gasteiger partial charge < -0.3 is 20.3 Å². The average Bonchev–Trinajstić information content (AvgIpc) is 2.83. The van der Waals surface area contributed by atoms with Crippen LogP contribution in [0.4, 0.5) is 10.5 Å². The van der Waals surface area contributed by atoms with Gasteiger partial charge in [0.05, 0.1) is 0 Å². The summed E-state index contributed by atoms with van der Waals surface area (Å²) < 4.78 is 5.43. The SMILES string of the molecule is C=CCN(C(=O)C(CC(C)C)NC(=O)OC(C)(C)C)C(C(=O)Nc1ccccc1C)c1ccc(CC)cc1. The van der Waals surface area contributed by atoms with E-state index in [0.29, 0.717) is 17.7 Å². The van der Waals surface area contributed by atoms with Crippen LogP contribution in [0.25, 0.3) is 0 Å². The van der Waals surface area contributed by atoms with Gasteiger partial charge in [0.25, 0.3) is 5.91 Å². The second-order valence-electron chi connectivity index (χ2n) is 10.9. The second-order valence-corrected chi connectivity index (χ2v) is 10.9. The maximum absolute atomic E-state index is 14.1. The van der Waals surface area contributed by atoms with Crippen LogP contribution in [0.15, 0.2) is 61.2 Å². The lowest BCUT2D eigenvalue weighted by Crippen LogP contribution is -2.52. The van der Waals surface area contributed by atoms with Crippen LogP contribution < -0.4 is 10.6 Å². The minimum absolute atomic E-state index is 0.104. The molecule has 0 saturated carbocycles. The molecular weight excluding hydrogens is 478 g/mol. The van der Waals surface area contributed by atoms with Crippen molar-refractivity contribution in [3.05, 3.63) is 77.9 Å². The highest BCUT2D eigenvalue weighted by Crippen LogP contribution is 2.27. The molecule has 206 valence electrons. The molecule has 3 amide bonds. The van der Waals surface area contributed by atoms with Gasteiger partial charge in [-0.2, -0.15) is 0 Å². The normalized spacial score (nSPS) is 12.8. The Labute approximate surface area is 227 Å². The van der Waals surface area contributed by atoms with Crippen molar-refractivity contribution in [1.82, 2.24) is 10.2 Å². The number of carbonyl (C=O) groups excluding carboxylic acids is 3. The standard InChI is InChI=1S/C31H43N3O4/c1-9-19-34(29(36)26(20-21(3)4)33-30(37)38-31(6,7)8)27(24-17-15-23(10-2)16-18-24)28(35)32-25-14-12-11-13-22(25)5/h9,11-18,21,26-27H,1,10,19-20H2,2-8H3,(H,32,35)(H,33,37). The zero-order valence-electron chi connectivity index (χ0n) is 23.8. The van der Waals surface area contributed by atoms with E-state index in [1.54, 1.807) is 26.8 Å². The fourth-order valence-electron chi connectivity index (χ4n) is 4.13. The first-order valence-electron chi connectivity index (χ1n) is 13.2. The van der Waals surface area contributed by atoms with E-state index in [9.17, 15) is 14.4 Å². The van der Waals surface area contributed by atoms with Crippen molar-refractivity contribution in [3.8, 4) is 0 Å². The third-order valence-electron chi connectivity index (χ3n) is 5.97. The molecule has 0 aliphatic carbocycles. The van der Waals surface area contributed by atoms with Crippen LogP contribution in [0, 0.1) is 12.8 Å². The van der Waals surface area contributed by atoms with E-state index >= 15 is 0 Å². The van der Waals surface area contributed by atoms with Crippen LogP contribution >= 0.6 is 0 Å². The molecule has 2 atom stereocenters. The summed E-state index contributed by atoms with van der Waals surface area (Å²) in [5, 5.41) is 5.75. The molecule has 0 spiro atoms. The molecule has 0 fully saturated rings. The molecular formula is C31H43N3O4. The maximum Gasteiger partial charge on any atom is 0.408 e. The summed E-state index contributed by atoms with van der Waals surface area (Å²) in [7, 11) is 0. The predicted octanol–water partition coefficient (Wildman–Crippen LogP) is 6.19. The smallest absolute Gasteiger partial charge is 0.408 e. The van der Waals surface area contributed by atoms with Gasteiger partial charge in [0, 0.05) is 12.2 Å². The van der Waals surface area contributed by atoms with E-state index in [1.165, 1.54) is 4.90 Å². The molecule has 0 bridgehead atoms. The van der Waals surface area contributed by atoms with Crippen LogP contribution in [-0.4, -0.2) is 41.0 Å². The number of carbonyl (C=O) groups is 3. The van der Waals surface area contributed by atoms with Gasteiger partial charge in [0.1, 0.15) is 17.7 Å².